The van der Waals surface area contributed by atoms with Gasteiger partial charge in [-0.25, -0.2) is 0 Å². The van der Waals surface area contributed by atoms with Crippen LogP contribution in [0.5, 0.6) is 0 Å². The van der Waals surface area contributed by atoms with E-state index in [0.29, 0.717) is 12.0 Å². The highest BCUT2D eigenvalue weighted by atomic mass is 79.9. The summed E-state index contributed by atoms with van der Waals surface area (Å²) in [6.45, 7) is 3.07. The predicted molar refractivity (Wildman–Crippen MR) is 79.4 cm³/mol. The minimum Gasteiger partial charge on any atom is -0.377 e. The molecule has 0 saturated carbocycles. The summed E-state index contributed by atoms with van der Waals surface area (Å²) in [4.78, 5) is 2.40. The minimum atomic E-state index is 0.446. The third-order valence-corrected chi connectivity index (χ3v) is 4.31. The Morgan fingerprint density at radius 3 is 2.78 bits per heavy atom. The van der Waals surface area contributed by atoms with Crippen molar-refractivity contribution in [2.24, 2.45) is 0 Å². The zero-order valence-corrected chi connectivity index (χ0v) is 12.6. The zero-order chi connectivity index (χ0) is 12.8. The standard InChI is InChI=1S/C15H22BrNO/c1-17(12-15-8-5-9-18-15)11-14(10-16)13-6-3-2-4-7-13/h2-4,6-7,14-15H,5,8-12H2,1H3. The number of alkyl halides is 1. The monoisotopic (exact) mass is 311 g/mol. The Hall–Kier alpha value is -0.380. The highest BCUT2D eigenvalue weighted by molar-refractivity contribution is 9.09. The normalized spacial score (nSPS) is 21.4. The molecule has 2 unspecified atom stereocenters. The van der Waals surface area contributed by atoms with Crippen molar-refractivity contribution in [1.82, 2.24) is 4.90 Å². The second kappa shape index (κ2) is 7.27. The first-order valence-electron chi connectivity index (χ1n) is 6.70. The third kappa shape index (κ3) is 4.08. The van der Waals surface area contributed by atoms with E-state index in [1.807, 2.05) is 0 Å². The lowest BCUT2D eigenvalue weighted by Crippen LogP contribution is -2.32. The van der Waals surface area contributed by atoms with Gasteiger partial charge in [-0.15, -0.1) is 0 Å². The van der Waals surface area contributed by atoms with Crippen molar-refractivity contribution in [2.45, 2.75) is 24.9 Å². The minimum absolute atomic E-state index is 0.446. The van der Waals surface area contributed by atoms with Gasteiger partial charge in [0.1, 0.15) is 0 Å². The van der Waals surface area contributed by atoms with Gasteiger partial charge in [0.25, 0.3) is 0 Å². The van der Waals surface area contributed by atoms with Crippen LogP contribution in [-0.4, -0.2) is 43.1 Å². The molecule has 0 amide bonds. The van der Waals surface area contributed by atoms with E-state index in [2.05, 4.69) is 58.2 Å². The van der Waals surface area contributed by atoms with Gasteiger partial charge in [0.05, 0.1) is 6.10 Å². The van der Waals surface area contributed by atoms with Crippen LogP contribution in [0, 0.1) is 0 Å². The van der Waals surface area contributed by atoms with Gasteiger partial charge in [0, 0.05) is 30.9 Å². The van der Waals surface area contributed by atoms with Crippen LogP contribution >= 0.6 is 15.9 Å². The van der Waals surface area contributed by atoms with E-state index in [1.54, 1.807) is 0 Å². The summed E-state index contributed by atoms with van der Waals surface area (Å²) >= 11 is 3.64. The lowest BCUT2D eigenvalue weighted by molar-refractivity contribution is 0.0801. The molecular formula is C15H22BrNO. The molecule has 2 nitrogen and oxygen atoms in total. The highest BCUT2D eigenvalue weighted by Crippen LogP contribution is 2.20. The maximum atomic E-state index is 5.69. The number of hydrogen-bond donors (Lipinski definition) is 0. The fourth-order valence-corrected chi connectivity index (χ4v) is 3.13. The van der Waals surface area contributed by atoms with Crippen LogP contribution in [-0.2, 0) is 4.74 Å². The van der Waals surface area contributed by atoms with Crippen molar-refractivity contribution in [1.29, 1.82) is 0 Å². The first kappa shape index (κ1) is 14.0. The molecule has 1 aliphatic heterocycles. The van der Waals surface area contributed by atoms with Crippen LogP contribution in [0.25, 0.3) is 0 Å². The first-order valence-corrected chi connectivity index (χ1v) is 7.83. The first-order chi connectivity index (χ1) is 8.79. The second-order valence-electron chi connectivity index (χ2n) is 5.12. The van der Waals surface area contributed by atoms with Gasteiger partial charge in [-0.3, -0.25) is 0 Å². The third-order valence-electron chi connectivity index (χ3n) is 3.53. The smallest absolute Gasteiger partial charge is 0.0702 e. The Morgan fingerprint density at radius 1 is 1.39 bits per heavy atom. The van der Waals surface area contributed by atoms with Gasteiger partial charge in [0.15, 0.2) is 0 Å². The Bertz CT molecular complexity index is 338. The molecule has 1 aromatic carbocycles. The highest BCUT2D eigenvalue weighted by Gasteiger charge is 2.19. The average molecular weight is 312 g/mol. The molecule has 2 atom stereocenters. The topological polar surface area (TPSA) is 12.5 Å². The zero-order valence-electron chi connectivity index (χ0n) is 11.0. The maximum Gasteiger partial charge on any atom is 0.0702 e. The molecule has 0 bridgehead atoms. The van der Waals surface area contributed by atoms with Gasteiger partial charge >= 0.3 is 0 Å². The Kier molecular flexibility index (Phi) is 5.67. The molecule has 1 heterocycles. The maximum absolute atomic E-state index is 5.69. The average Bonchev–Trinajstić information content (AvgIpc) is 2.90. The van der Waals surface area contributed by atoms with Crippen LogP contribution in [0.2, 0.25) is 0 Å². The fourth-order valence-electron chi connectivity index (χ4n) is 2.56. The number of nitrogens with zero attached hydrogens (tertiary/aromatic N) is 1. The molecule has 1 fully saturated rings. The Morgan fingerprint density at radius 2 is 2.17 bits per heavy atom. The number of likely N-dealkylation sites (N-methyl/N-ethyl adjacent to an activating group) is 1. The number of ether oxygens (including phenoxy) is 1. The molecule has 0 radical (unpaired) electrons. The fraction of sp³-hybridized carbons (Fsp3) is 0.600. The van der Waals surface area contributed by atoms with Crippen LogP contribution < -0.4 is 0 Å². The van der Waals surface area contributed by atoms with Gasteiger partial charge in [-0.1, -0.05) is 46.3 Å². The van der Waals surface area contributed by atoms with Gasteiger partial charge in [-0.05, 0) is 25.5 Å². The van der Waals surface area contributed by atoms with E-state index in [0.717, 1.165) is 25.0 Å². The molecule has 1 saturated heterocycles. The Balaban J connectivity index is 1.85. The van der Waals surface area contributed by atoms with Crippen LogP contribution in [0.4, 0.5) is 0 Å². The van der Waals surface area contributed by atoms with Crippen molar-refractivity contribution < 1.29 is 4.74 Å². The lowest BCUT2D eigenvalue weighted by atomic mass is 10.0. The van der Waals surface area contributed by atoms with Crippen molar-refractivity contribution >= 4 is 15.9 Å². The van der Waals surface area contributed by atoms with E-state index in [9.17, 15) is 0 Å². The van der Waals surface area contributed by atoms with Gasteiger partial charge in [-0.2, -0.15) is 0 Å². The lowest BCUT2D eigenvalue weighted by Gasteiger charge is -2.25. The SMILES string of the molecule is CN(CC1CCCO1)CC(CBr)c1ccccc1. The van der Waals surface area contributed by atoms with Crippen molar-refractivity contribution in [3.63, 3.8) is 0 Å². The molecule has 2 rings (SSSR count). The molecule has 1 aliphatic rings. The Labute approximate surface area is 118 Å². The van der Waals surface area contributed by atoms with E-state index in [1.165, 1.54) is 18.4 Å². The van der Waals surface area contributed by atoms with E-state index in [-0.39, 0.29) is 0 Å². The molecule has 100 valence electrons. The number of benzene rings is 1. The summed E-state index contributed by atoms with van der Waals surface area (Å²) in [6.07, 6.45) is 2.88. The molecular weight excluding hydrogens is 290 g/mol. The molecule has 0 N–H and O–H groups in total. The summed E-state index contributed by atoms with van der Waals surface area (Å²) in [7, 11) is 2.19. The van der Waals surface area contributed by atoms with Crippen LogP contribution in [0.1, 0.15) is 24.3 Å². The number of hydrogen-bond acceptors (Lipinski definition) is 2. The molecule has 3 heteroatoms. The number of halogens is 1. The van der Waals surface area contributed by atoms with Gasteiger partial charge < -0.3 is 9.64 Å². The van der Waals surface area contributed by atoms with E-state index in [4.69, 9.17) is 4.74 Å². The molecule has 1 aromatic rings. The van der Waals surface area contributed by atoms with Crippen molar-refractivity contribution in [3.8, 4) is 0 Å². The summed E-state index contributed by atoms with van der Waals surface area (Å²) < 4.78 is 5.69. The predicted octanol–water partition coefficient (Wildman–Crippen LogP) is 3.28. The van der Waals surface area contributed by atoms with Crippen LogP contribution in [0.3, 0.4) is 0 Å². The quantitative estimate of drug-likeness (QED) is 0.748. The molecule has 0 aliphatic carbocycles. The summed E-state index contributed by atoms with van der Waals surface area (Å²) in [5.41, 5.74) is 1.41. The summed E-state index contributed by atoms with van der Waals surface area (Å²) in [5, 5.41) is 1.01. The van der Waals surface area contributed by atoms with Gasteiger partial charge in [0.2, 0.25) is 0 Å². The summed E-state index contributed by atoms with van der Waals surface area (Å²) in [5.74, 6) is 0.553. The van der Waals surface area contributed by atoms with Crippen molar-refractivity contribution in [3.05, 3.63) is 35.9 Å². The largest absolute Gasteiger partial charge is 0.377 e. The second-order valence-corrected chi connectivity index (χ2v) is 5.77. The van der Waals surface area contributed by atoms with Crippen LogP contribution in [0.15, 0.2) is 30.3 Å². The molecule has 0 aromatic heterocycles. The van der Waals surface area contributed by atoms with Crippen molar-refractivity contribution in [2.75, 3.05) is 32.1 Å². The number of rotatable bonds is 6. The van der Waals surface area contributed by atoms with E-state index < -0.39 is 0 Å². The van der Waals surface area contributed by atoms with E-state index >= 15 is 0 Å². The summed E-state index contributed by atoms with van der Waals surface area (Å²) in [6, 6.07) is 10.7. The molecule has 18 heavy (non-hydrogen) atoms. The molecule has 0 spiro atoms.